The number of carbonyl (C=O) groups is 2. The van der Waals surface area contributed by atoms with Gasteiger partial charge in [0, 0.05) is 43.9 Å². The lowest BCUT2D eigenvalue weighted by Gasteiger charge is -2.14. The number of pyridine rings is 1. The number of hydrogen-bond donors (Lipinski definition) is 4. The van der Waals surface area contributed by atoms with E-state index in [1.807, 2.05) is 0 Å². The van der Waals surface area contributed by atoms with Gasteiger partial charge in [-0.1, -0.05) is 0 Å². The SMILES string of the molecule is CC(=O)NCC1CN(c2ccc(-c3cnc4nc(C/C(=C/N)N(C)N)[nH]c4c3)c(F)c2)C(=O)O1. The van der Waals surface area contributed by atoms with Crippen molar-refractivity contribution in [3.63, 3.8) is 0 Å². The number of halogens is 1. The Hall–Kier alpha value is -4.19. The number of H-pyrrole nitrogens is 1. The van der Waals surface area contributed by atoms with Crippen molar-refractivity contribution in [3.05, 3.63) is 54.0 Å². The van der Waals surface area contributed by atoms with Gasteiger partial charge in [0.15, 0.2) is 5.65 Å². The minimum absolute atomic E-state index is 0.195. The zero-order chi connectivity index (χ0) is 24.4. The minimum Gasteiger partial charge on any atom is -0.442 e. The number of hydrogen-bond acceptors (Lipinski definition) is 8. The molecule has 0 spiro atoms. The molecule has 3 aromatic rings. The summed E-state index contributed by atoms with van der Waals surface area (Å²) >= 11 is 0. The van der Waals surface area contributed by atoms with E-state index in [4.69, 9.17) is 16.3 Å². The van der Waals surface area contributed by atoms with Crippen LogP contribution in [0.4, 0.5) is 14.9 Å². The second-order valence-electron chi connectivity index (χ2n) is 7.94. The van der Waals surface area contributed by atoms with Gasteiger partial charge in [0.2, 0.25) is 5.91 Å². The number of fused-ring (bicyclic) bond motifs is 1. The second kappa shape index (κ2) is 9.35. The summed E-state index contributed by atoms with van der Waals surface area (Å²) in [6, 6.07) is 6.24. The topological polar surface area (TPSA) is 155 Å². The molecule has 1 saturated heterocycles. The number of amides is 2. The van der Waals surface area contributed by atoms with Crippen LogP contribution in [-0.4, -0.2) is 58.2 Å². The number of nitrogens with one attached hydrogen (secondary N) is 2. The molecule has 34 heavy (non-hydrogen) atoms. The average molecular weight is 468 g/mol. The molecular formula is C22H25FN8O3. The number of carbonyl (C=O) groups excluding carboxylic acids is 2. The lowest BCUT2D eigenvalue weighted by molar-refractivity contribution is -0.119. The van der Waals surface area contributed by atoms with E-state index in [0.717, 1.165) is 0 Å². The largest absolute Gasteiger partial charge is 0.442 e. The van der Waals surface area contributed by atoms with Gasteiger partial charge in [-0.25, -0.2) is 25.0 Å². The van der Waals surface area contributed by atoms with Crippen molar-refractivity contribution in [1.82, 2.24) is 25.3 Å². The number of benzene rings is 1. The van der Waals surface area contributed by atoms with Crippen LogP contribution in [0.2, 0.25) is 0 Å². The maximum atomic E-state index is 15.0. The first kappa shape index (κ1) is 23.0. The Bertz CT molecular complexity index is 1270. The van der Waals surface area contributed by atoms with Gasteiger partial charge in [-0.15, -0.1) is 0 Å². The number of anilines is 1. The van der Waals surface area contributed by atoms with Crippen LogP contribution in [0.15, 0.2) is 42.4 Å². The molecule has 2 aromatic heterocycles. The van der Waals surface area contributed by atoms with Gasteiger partial charge >= 0.3 is 6.09 Å². The number of nitrogens with two attached hydrogens (primary N) is 2. The van der Waals surface area contributed by atoms with Gasteiger partial charge in [-0.2, -0.15) is 0 Å². The standard InChI is InChI=1S/C22H25FN8O3/c1-12(32)26-10-16-11-31(22(33)34-16)14-3-4-17(18(23)6-14)13-5-19-21(27-9-13)29-20(28-19)7-15(8-24)30(2)25/h3-6,8-9,16H,7,10-11,24-25H2,1-2H3,(H,26,32)(H,27,28,29)/b15-8-. The molecule has 0 saturated carbocycles. The van der Waals surface area contributed by atoms with Crippen LogP contribution in [0.1, 0.15) is 12.7 Å². The van der Waals surface area contributed by atoms with Crippen LogP contribution in [0.5, 0.6) is 0 Å². The highest BCUT2D eigenvalue weighted by Gasteiger charge is 2.32. The smallest absolute Gasteiger partial charge is 0.414 e. The molecule has 1 aliphatic heterocycles. The molecule has 1 fully saturated rings. The second-order valence-corrected chi connectivity index (χ2v) is 7.94. The lowest BCUT2D eigenvalue weighted by atomic mass is 10.1. The Labute approximate surface area is 194 Å². The van der Waals surface area contributed by atoms with E-state index in [-0.39, 0.29) is 19.0 Å². The highest BCUT2D eigenvalue weighted by atomic mass is 19.1. The normalized spacial score (nSPS) is 16.1. The maximum absolute atomic E-state index is 15.0. The van der Waals surface area contributed by atoms with Crippen LogP contribution in [0.25, 0.3) is 22.3 Å². The van der Waals surface area contributed by atoms with E-state index < -0.39 is 18.0 Å². The third-order valence-corrected chi connectivity index (χ3v) is 5.41. The van der Waals surface area contributed by atoms with Gasteiger partial charge in [0.25, 0.3) is 0 Å². The van der Waals surface area contributed by atoms with Crippen LogP contribution >= 0.6 is 0 Å². The Kier molecular flexibility index (Phi) is 6.32. The van der Waals surface area contributed by atoms with Crippen molar-refractivity contribution in [2.75, 3.05) is 25.0 Å². The summed E-state index contributed by atoms with van der Waals surface area (Å²) in [5.41, 5.74) is 8.62. The number of allylic oxidation sites excluding steroid dienone is 1. The van der Waals surface area contributed by atoms with Crippen molar-refractivity contribution in [2.45, 2.75) is 19.4 Å². The molecule has 1 aliphatic rings. The molecule has 0 bridgehead atoms. The van der Waals surface area contributed by atoms with Crippen molar-refractivity contribution in [2.24, 2.45) is 11.6 Å². The zero-order valence-electron chi connectivity index (χ0n) is 18.7. The molecular weight excluding hydrogens is 443 g/mol. The first-order chi connectivity index (χ1) is 16.2. The molecule has 0 radical (unpaired) electrons. The van der Waals surface area contributed by atoms with Gasteiger partial charge in [-0.05, 0) is 24.3 Å². The fraction of sp³-hybridized carbons (Fsp3) is 0.273. The third-order valence-electron chi connectivity index (χ3n) is 5.41. The third kappa shape index (κ3) is 4.76. The number of aromatic nitrogens is 3. The summed E-state index contributed by atoms with van der Waals surface area (Å²) in [7, 11) is 1.68. The molecule has 6 N–H and O–H groups in total. The molecule has 3 heterocycles. The van der Waals surface area contributed by atoms with Crippen molar-refractivity contribution in [3.8, 4) is 11.1 Å². The minimum atomic E-state index is -0.593. The van der Waals surface area contributed by atoms with E-state index >= 15 is 4.39 Å². The van der Waals surface area contributed by atoms with Gasteiger partial charge in [0.05, 0.1) is 30.0 Å². The molecule has 11 nitrogen and oxygen atoms in total. The Morgan fingerprint density at radius 1 is 1.44 bits per heavy atom. The molecule has 1 unspecified atom stereocenters. The van der Waals surface area contributed by atoms with Crippen LogP contribution < -0.4 is 21.8 Å². The molecule has 178 valence electrons. The Morgan fingerprint density at radius 3 is 2.91 bits per heavy atom. The number of likely N-dealkylation sites (N-methyl/N-ethyl adjacent to an activating group) is 1. The number of ether oxygens (including phenoxy) is 1. The average Bonchev–Trinajstić information content (AvgIpc) is 3.37. The van der Waals surface area contributed by atoms with Crippen molar-refractivity contribution >= 4 is 28.9 Å². The number of hydrazine groups is 1. The van der Waals surface area contributed by atoms with E-state index in [2.05, 4.69) is 20.3 Å². The van der Waals surface area contributed by atoms with Crippen molar-refractivity contribution in [1.29, 1.82) is 0 Å². The number of imidazole rings is 1. The van der Waals surface area contributed by atoms with Gasteiger partial charge < -0.3 is 25.8 Å². The number of aromatic amines is 1. The van der Waals surface area contributed by atoms with Gasteiger partial charge in [-0.3, -0.25) is 9.69 Å². The molecule has 1 aromatic carbocycles. The van der Waals surface area contributed by atoms with E-state index in [1.165, 1.54) is 35.3 Å². The molecule has 12 heteroatoms. The quantitative estimate of drug-likeness (QED) is 0.299. The number of rotatable bonds is 7. The summed E-state index contributed by atoms with van der Waals surface area (Å²) in [5, 5.41) is 4.01. The predicted octanol–water partition coefficient (Wildman–Crippen LogP) is 1.37. The highest BCUT2D eigenvalue weighted by molar-refractivity contribution is 5.90. The molecule has 0 aliphatic carbocycles. The fourth-order valence-corrected chi connectivity index (χ4v) is 3.66. The highest BCUT2D eigenvalue weighted by Crippen LogP contribution is 2.30. The first-order valence-electron chi connectivity index (χ1n) is 10.5. The van der Waals surface area contributed by atoms with Crippen LogP contribution in [0.3, 0.4) is 0 Å². The van der Waals surface area contributed by atoms with Crippen LogP contribution in [-0.2, 0) is 16.0 Å². The van der Waals surface area contributed by atoms with Crippen molar-refractivity contribution < 1.29 is 18.7 Å². The summed E-state index contributed by atoms with van der Waals surface area (Å²) < 4.78 is 20.3. The van der Waals surface area contributed by atoms with E-state index in [1.54, 1.807) is 25.2 Å². The first-order valence-corrected chi connectivity index (χ1v) is 10.5. The molecule has 4 rings (SSSR count). The lowest BCUT2D eigenvalue weighted by Crippen LogP contribution is -2.33. The van der Waals surface area contributed by atoms with Gasteiger partial charge in [0.1, 0.15) is 17.7 Å². The monoisotopic (exact) mass is 468 g/mol. The maximum Gasteiger partial charge on any atom is 0.414 e. The summed E-state index contributed by atoms with van der Waals surface area (Å²) in [4.78, 5) is 36.5. The zero-order valence-corrected chi connectivity index (χ0v) is 18.7. The Morgan fingerprint density at radius 2 is 2.24 bits per heavy atom. The fourth-order valence-electron chi connectivity index (χ4n) is 3.66. The predicted molar refractivity (Wildman–Crippen MR) is 124 cm³/mol. The summed E-state index contributed by atoms with van der Waals surface area (Å²) in [6.07, 6.45) is 2.22. The van der Waals surface area contributed by atoms with E-state index in [0.29, 0.717) is 45.9 Å². The van der Waals surface area contributed by atoms with E-state index in [9.17, 15) is 9.59 Å². The summed E-state index contributed by atoms with van der Waals surface area (Å²) in [6.45, 7) is 1.78. The Balaban J connectivity index is 1.54. The summed E-state index contributed by atoms with van der Waals surface area (Å²) in [5.74, 6) is 5.62. The van der Waals surface area contributed by atoms with Crippen LogP contribution in [0, 0.1) is 5.82 Å². The number of nitrogens with zero attached hydrogens (tertiary/aromatic N) is 4. The molecule has 1 atom stereocenters. The number of cyclic esters (lactones) is 1. The molecule has 2 amide bonds.